The highest BCUT2D eigenvalue weighted by molar-refractivity contribution is 5.94. The second-order valence-electron chi connectivity index (χ2n) is 5.20. The van der Waals surface area contributed by atoms with Gasteiger partial charge in [-0.2, -0.15) is 0 Å². The van der Waals surface area contributed by atoms with E-state index in [4.69, 9.17) is 0 Å². The lowest BCUT2D eigenvalue weighted by Crippen LogP contribution is -2.27. The Kier molecular flexibility index (Phi) is 4.87. The lowest BCUT2D eigenvalue weighted by molar-refractivity contribution is 0.0948. The lowest BCUT2D eigenvalue weighted by atomic mass is 10.2. The van der Waals surface area contributed by atoms with Crippen molar-refractivity contribution in [2.75, 3.05) is 11.9 Å². The predicted molar refractivity (Wildman–Crippen MR) is 81.1 cm³/mol. The molecule has 1 aromatic carbocycles. The van der Waals surface area contributed by atoms with Crippen molar-refractivity contribution < 1.29 is 9.18 Å². The number of carbonyl (C=O) groups excluding carboxylic acids is 1. The van der Waals surface area contributed by atoms with Crippen molar-refractivity contribution in [1.82, 2.24) is 10.3 Å². The molecule has 0 aliphatic rings. The molecule has 110 valence electrons. The van der Waals surface area contributed by atoms with Gasteiger partial charge in [0.05, 0.1) is 17.4 Å². The number of benzene rings is 1. The Labute approximate surface area is 123 Å². The second kappa shape index (κ2) is 6.83. The molecule has 0 spiro atoms. The van der Waals surface area contributed by atoms with E-state index < -0.39 is 0 Å². The molecular weight excluding hydrogens is 269 g/mol. The van der Waals surface area contributed by atoms with Gasteiger partial charge in [0.15, 0.2) is 0 Å². The zero-order valence-corrected chi connectivity index (χ0v) is 12.1. The average molecular weight is 287 g/mol. The van der Waals surface area contributed by atoms with Crippen LogP contribution >= 0.6 is 0 Å². The maximum Gasteiger partial charge on any atom is 0.252 e. The Balaban J connectivity index is 2.06. The Morgan fingerprint density at radius 3 is 2.57 bits per heavy atom. The SMILES string of the molecule is CC(C)CNC(=O)c1cncc(Nc2ccc(F)cc2)c1. The average Bonchev–Trinajstić information content (AvgIpc) is 2.47. The van der Waals surface area contributed by atoms with Gasteiger partial charge in [-0.05, 0) is 36.2 Å². The van der Waals surface area contributed by atoms with Crippen LogP contribution < -0.4 is 10.6 Å². The van der Waals surface area contributed by atoms with E-state index in [0.29, 0.717) is 23.7 Å². The number of hydrogen-bond acceptors (Lipinski definition) is 3. The van der Waals surface area contributed by atoms with E-state index in [9.17, 15) is 9.18 Å². The number of halogens is 1. The van der Waals surface area contributed by atoms with Gasteiger partial charge in [0, 0.05) is 18.4 Å². The molecule has 0 saturated carbocycles. The van der Waals surface area contributed by atoms with Crippen molar-refractivity contribution in [2.45, 2.75) is 13.8 Å². The van der Waals surface area contributed by atoms with Gasteiger partial charge in [-0.25, -0.2) is 4.39 Å². The van der Waals surface area contributed by atoms with Crippen molar-refractivity contribution in [3.63, 3.8) is 0 Å². The van der Waals surface area contributed by atoms with Gasteiger partial charge in [-0.3, -0.25) is 9.78 Å². The minimum Gasteiger partial charge on any atom is -0.354 e. The molecule has 2 N–H and O–H groups in total. The van der Waals surface area contributed by atoms with Crippen LogP contribution in [0.5, 0.6) is 0 Å². The number of rotatable bonds is 5. The first-order valence-electron chi connectivity index (χ1n) is 6.80. The maximum absolute atomic E-state index is 12.9. The van der Waals surface area contributed by atoms with Crippen molar-refractivity contribution in [1.29, 1.82) is 0 Å². The van der Waals surface area contributed by atoms with Gasteiger partial charge in [0.1, 0.15) is 5.82 Å². The van der Waals surface area contributed by atoms with Crippen LogP contribution in [0.2, 0.25) is 0 Å². The molecule has 0 aliphatic carbocycles. The molecule has 1 heterocycles. The Hall–Kier alpha value is -2.43. The van der Waals surface area contributed by atoms with Gasteiger partial charge < -0.3 is 10.6 Å². The summed E-state index contributed by atoms with van der Waals surface area (Å²) < 4.78 is 12.9. The summed E-state index contributed by atoms with van der Waals surface area (Å²) in [6.45, 7) is 4.69. The van der Waals surface area contributed by atoms with Crippen molar-refractivity contribution in [3.05, 3.63) is 54.1 Å². The van der Waals surface area contributed by atoms with Crippen molar-refractivity contribution >= 4 is 17.3 Å². The van der Waals surface area contributed by atoms with Crippen LogP contribution in [0.1, 0.15) is 24.2 Å². The summed E-state index contributed by atoms with van der Waals surface area (Å²) in [6.07, 6.45) is 3.13. The van der Waals surface area contributed by atoms with E-state index in [1.54, 1.807) is 24.4 Å². The smallest absolute Gasteiger partial charge is 0.252 e. The number of hydrogen-bond donors (Lipinski definition) is 2. The Morgan fingerprint density at radius 1 is 1.19 bits per heavy atom. The topological polar surface area (TPSA) is 54.0 Å². The molecule has 21 heavy (non-hydrogen) atoms. The van der Waals surface area contributed by atoms with Crippen molar-refractivity contribution in [2.24, 2.45) is 5.92 Å². The fraction of sp³-hybridized carbons (Fsp3) is 0.250. The monoisotopic (exact) mass is 287 g/mol. The van der Waals surface area contributed by atoms with Gasteiger partial charge in [-0.15, -0.1) is 0 Å². The molecule has 0 atom stereocenters. The molecular formula is C16H18FN3O. The van der Waals surface area contributed by atoms with Gasteiger partial charge in [-0.1, -0.05) is 13.8 Å². The van der Waals surface area contributed by atoms with E-state index in [-0.39, 0.29) is 11.7 Å². The van der Waals surface area contributed by atoms with Crippen LogP contribution in [-0.4, -0.2) is 17.4 Å². The first-order valence-corrected chi connectivity index (χ1v) is 6.80. The Morgan fingerprint density at radius 2 is 1.90 bits per heavy atom. The number of amides is 1. The molecule has 0 radical (unpaired) electrons. The molecule has 0 aliphatic heterocycles. The second-order valence-corrected chi connectivity index (χ2v) is 5.20. The largest absolute Gasteiger partial charge is 0.354 e. The number of carbonyl (C=O) groups is 1. The molecule has 2 rings (SSSR count). The molecule has 2 aromatic rings. The van der Waals surface area contributed by atoms with Gasteiger partial charge >= 0.3 is 0 Å². The van der Waals surface area contributed by atoms with Crippen LogP contribution in [0.4, 0.5) is 15.8 Å². The van der Waals surface area contributed by atoms with E-state index >= 15 is 0 Å². The standard InChI is InChI=1S/C16H18FN3O/c1-11(2)8-19-16(21)12-7-15(10-18-9-12)20-14-5-3-13(17)4-6-14/h3-7,9-11,20H,8H2,1-2H3,(H,19,21). The zero-order valence-electron chi connectivity index (χ0n) is 12.1. The Bertz CT molecular complexity index is 611. The molecule has 1 aromatic heterocycles. The fourth-order valence-corrected chi connectivity index (χ4v) is 1.73. The number of aromatic nitrogens is 1. The first-order chi connectivity index (χ1) is 10.0. The third kappa shape index (κ3) is 4.56. The van der Waals surface area contributed by atoms with Crippen LogP contribution in [0.15, 0.2) is 42.7 Å². The summed E-state index contributed by atoms with van der Waals surface area (Å²) in [6, 6.07) is 7.71. The molecule has 5 heteroatoms. The first kappa shape index (κ1) is 15.0. The number of nitrogens with one attached hydrogen (secondary N) is 2. The minimum atomic E-state index is -0.291. The van der Waals surface area contributed by atoms with E-state index in [2.05, 4.69) is 15.6 Å². The predicted octanol–water partition coefficient (Wildman–Crippen LogP) is 3.35. The zero-order chi connectivity index (χ0) is 15.2. The normalized spacial score (nSPS) is 10.5. The molecule has 0 saturated heterocycles. The highest BCUT2D eigenvalue weighted by Crippen LogP contribution is 2.17. The van der Waals surface area contributed by atoms with Crippen LogP contribution in [-0.2, 0) is 0 Å². The van der Waals surface area contributed by atoms with E-state index in [0.717, 1.165) is 5.69 Å². The third-order valence-corrected chi connectivity index (χ3v) is 2.80. The summed E-state index contributed by atoms with van der Waals surface area (Å²) in [7, 11) is 0. The van der Waals surface area contributed by atoms with E-state index in [1.807, 2.05) is 13.8 Å². The lowest BCUT2D eigenvalue weighted by Gasteiger charge is -2.09. The number of nitrogens with zero attached hydrogens (tertiary/aromatic N) is 1. The van der Waals surface area contributed by atoms with E-state index in [1.165, 1.54) is 18.3 Å². The van der Waals surface area contributed by atoms with Gasteiger partial charge in [0.25, 0.3) is 5.91 Å². The molecule has 0 fully saturated rings. The summed E-state index contributed by atoms with van der Waals surface area (Å²) in [5.74, 6) is -0.0538. The van der Waals surface area contributed by atoms with Crippen molar-refractivity contribution in [3.8, 4) is 0 Å². The quantitative estimate of drug-likeness (QED) is 0.886. The minimum absolute atomic E-state index is 0.154. The summed E-state index contributed by atoms with van der Waals surface area (Å²) in [5, 5.41) is 5.92. The molecule has 0 bridgehead atoms. The van der Waals surface area contributed by atoms with Crippen LogP contribution in [0.3, 0.4) is 0 Å². The highest BCUT2D eigenvalue weighted by atomic mass is 19.1. The molecule has 1 amide bonds. The summed E-state index contributed by atoms with van der Waals surface area (Å²) >= 11 is 0. The van der Waals surface area contributed by atoms with Crippen LogP contribution in [0.25, 0.3) is 0 Å². The summed E-state index contributed by atoms with van der Waals surface area (Å²) in [5.41, 5.74) is 1.90. The highest BCUT2D eigenvalue weighted by Gasteiger charge is 2.07. The molecule has 0 unspecified atom stereocenters. The summed E-state index contributed by atoms with van der Waals surface area (Å²) in [4.78, 5) is 16.0. The fourth-order valence-electron chi connectivity index (χ4n) is 1.73. The van der Waals surface area contributed by atoms with Gasteiger partial charge in [0.2, 0.25) is 0 Å². The van der Waals surface area contributed by atoms with Crippen LogP contribution in [0, 0.1) is 11.7 Å². The third-order valence-electron chi connectivity index (χ3n) is 2.80. The maximum atomic E-state index is 12.9. The molecule has 4 nitrogen and oxygen atoms in total. The number of anilines is 2. The number of pyridine rings is 1.